The van der Waals surface area contributed by atoms with Crippen molar-refractivity contribution in [3.63, 3.8) is 0 Å². The summed E-state index contributed by atoms with van der Waals surface area (Å²) in [5, 5.41) is 11.8. The van der Waals surface area contributed by atoms with Gasteiger partial charge in [0.1, 0.15) is 24.0 Å². The number of hydrogen-bond donors (Lipinski definition) is 2. The van der Waals surface area contributed by atoms with Crippen LogP contribution in [0.3, 0.4) is 0 Å². The van der Waals surface area contributed by atoms with Crippen molar-refractivity contribution in [1.82, 2.24) is 5.32 Å². The van der Waals surface area contributed by atoms with Crippen LogP contribution in [0.2, 0.25) is 0 Å². The van der Waals surface area contributed by atoms with Gasteiger partial charge < -0.3 is 24.6 Å². The van der Waals surface area contributed by atoms with Crippen LogP contribution in [0.1, 0.15) is 31.9 Å². The number of hydrogen-bond acceptors (Lipinski definition) is 6. The van der Waals surface area contributed by atoms with Crippen molar-refractivity contribution in [2.75, 3.05) is 0 Å². The van der Waals surface area contributed by atoms with Crippen molar-refractivity contribution in [2.45, 2.75) is 45.4 Å². The van der Waals surface area contributed by atoms with E-state index in [1.165, 1.54) is 6.07 Å². The fraction of sp³-hybridized carbons (Fsp3) is 0.318. The monoisotopic (exact) mass is 415 g/mol. The van der Waals surface area contributed by atoms with E-state index in [1.807, 2.05) is 18.2 Å². The van der Waals surface area contributed by atoms with Crippen LogP contribution in [-0.2, 0) is 27.3 Å². The second-order valence-electron chi connectivity index (χ2n) is 7.51. The van der Waals surface area contributed by atoms with Crippen molar-refractivity contribution in [3.8, 4) is 5.75 Å². The van der Waals surface area contributed by atoms with Gasteiger partial charge in [-0.1, -0.05) is 42.5 Å². The Morgan fingerprint density at radius 1 is 1.00 bits per heavy atom. The Morgan fingerprint density at radius 3 is 2.30 bits per heavy atom. The van der Waals surface area contributed by atoms with E-state index in [-0.39, 0.29) is 18.8 Å². The minimum Gasteiger partial charge on any atom is -0.480 e. The standard InChI is InChI=1S/C22H25NO7/c1-22(2,3)30-21(27)29-17-11-7-10-16(12-17)13-18(19(24)25)23-20(26)28-14-15-8-5-4-6-9-15/h4-12,18H,13-14H2,1-3H3,(H,23,26)(H,24,25)/t18-/m0/s1. The highest BCUT2D eigenvalue weighted by Gasteiger charge is 2.22. The quantitative estimate of drug-likeness (QED) is 0.521. The molecule has 160 valence electrons. The summed E-state index contributed by atoms with van der Waals surface area (Å²) in [4.78, 5) is 35.3. The van der Waals surface area contributed by atoms with Crippen LogP contribution in [0.25, 0.3) is 0 Å². The molecule has 0 saturated carbocycles. The molecule has 0 fully saturated rings. The molecule has 0 bridgehead atoms. The number of nitrogens with one attached hydrogen (secondary N) is 1. The Hall–Kier alpha value is -3.55. The summed E-state index contributed by atoms with van der Waals surface area (Å²) in [6.45, 7) is 5.16. The highest BCUT2D eigenvalue weighted by molar-refractivity contribution is 5.80. The highest BCUT2D eigenvalue weighted by Crippen LogP contribution is 2.17. The molecular formula is C22H25NO7. The summed E-state index contributed by atoms with van der Waals surface area (Å²) >= 11 is 0. The lowest BCUT2D eigenvalue weighted by Gasteiger charge is -2.19. The second-order valence-corrected chi connectivity index (χ2v) is 7.51. The molecule has 0 aliphatic rings. The van der Waals surface area contributed by atoms with Crippen molar-refractivity contribution in [1.29, 1.82) is 0 Å². The first-order valence-electron chi connectivity index (χ1n) is 9.32. The lowest BCUT2D eigenvalue weighted by Crippen LogP contribution is -2.42. The third-order valence-electron chi connectivity index (χ3n) is 3.73. The molecule has 2 aromatic rings. The van der Waals surface area contributed by atoms with Crippen LogP contribution in [0.5, 0.6) is 5.75 Å². The Bertz CT molecular complexity index is 875. The zero-order valence-electron chi connectivity index (χ0n) is 17.1. The zero-order valence-corrected chi connectivity index (χ0v) is 17.1. The van der Waals surface area contributed by atoms with Crippen LogP contribution in [-0.4, -0.2) is 35.0 Å². The maximum Gasteiger partial charge on any atom is 0.514 e. The molecule has 8 heteroatoms. The van der Waals surface area contributed by atoms with Gasteiger partial charge in [0.15, 0.2) is 0 Å². The summed E-state index contributed by atoms with van der Waals surface area (Å²) in [6.07, 6.45) is -1.73. The van der Waals surface area contributed by atoms with E-state index in [0.717, 1.165) is 5.56 Å². The summed E-state index contributed by atoms with van der Waals surface area (Å²) in [6, 6.07) is 14.1. The largest absolute Gasteiger partial charge is 0.514 e. The van der Waals surface area contributed by atoms with Crippen LogP contribution in [0.4, 0.5) is 9.59 Å². The Labute approximate surface area is 174 Å². The number of alkyl carbamates (subject to hydrolysis) is 1. The maximum absolute atomic E-state index is 12.0. The molecule has 2 rings (SSSR count). The van der Waals surface area contributed by atoms with E-state index in [4.69, 9.17) is 14.2 Å². The van der Waals surface area contributed by atoms with Gasteiger partial charge in [-0.2, -0.15) is 0 Å². The number of amides is 1. The van der Waals surface area contributed by atoms with Gasteiger partial charge in [-0.3, -0.25) is 0 Å². The molecule has 2 aromatic carbocycles. The van der Waals surface area contributed by atoms with E-state index in [0.29, 0.717) is 5.56 Å². The number of ether oxygens (including phenoxy) is 3. The van der Waals surface area contributed by atoms with Crippen LogP contribution in [0.15, 0.2) is 54.6 Å². The Kier molecular flexibility index (Phi) is 7.80. The molecule has 2 N–H and O–H groups in total. The van der Waals surface area contributed by atoms with Crippen LogP contribution < -0.4 is 10.1 Å². The number of carboxylic acid groups (broad SMARTS) is 1. The smallest absolute Gasteiger partial charge is 0.480 e. The normalized spacial score (nSPS) is 11.8. The molecule has 0 saturated heterocycles. The number of carbonyl (C=O) groups excluding carboxylic acids is 2. The minimum absolute atomic E-state index is 0.0260. The van der Waals surface area contributed by atoms with Gasteiger partial charge in [-0.05, 0) is 44.0 Å². The maximum atomic E-state index is 12.0. The third-order valence-corrected chi connectivity index (χ3v) is 3.73. The van der Waals surface area contributed by atoms with Gasteiger partial charge >= 0.3 is 18.2 Å². The lowest BCUT2D eigenvalue weighted by molar-refractivity contribution is -0.139. The molecule has 0 heterocycles. The number of carboxylic acids is 1. The lowest BCUT2D eigenvalue weighted by atomic mass is 10.1. The van der Waals surface area contributed by atoms with Crippen molar-refractivity contribution in [3.05, 3.63) is 65.7 Å². The first kappa shape index (κ1) is 22.7. The molecule has 1 amide bonds. The summed E-state index contributed by atoms with van der Waals surface area (Å²) in [5.74, 6) is -1.01. The van der Waals surface area contributed by atoms with Gasteiger partial charge in [-0.15, -0.1) is 0 Å². The number of aliphatic carboxylic acids is 1. The number of rotatable bonds is 7. The van der Waals surface area contributed by atoms with Crippen molar-refractivity contribution in [2.24, 2.45) is 0 Å². The van der Waals surface area contributed by atoms with E-state index in [9.17, 15) is 19.5 Å². The zero-order chi connectivity index (χ0) is 22.1. The fourth-order valence-electron chi connectivity index (χ4n) is 2.45. The molecule has 8 nitrogen and oxygen atoms in total. The van der Waals surface area contributed by atoms with Crippen molar-refractivity contribution >= 4 is 18.2 Å². The van der Waals surface area contributed by atoms with Gasteiger partial charge in [0.2, 0.25) is 0 Å². The second kappa shape index (κ2) is 10.3. The summed E-state index contributed by atoms with van der Waals surface area (Å²) in [7, 11) is 0. The molecule has 0 aliphatic carbocycles. The summed E-state index contributed by atoms with van der Waals surface area (Å²) in [5.41, 5.74) is 0.631. The first-order valence-corrected chi connectivity index (χ1v) is 9.32. The van der Waals surface area contributed by atoms with Gasteiger partial charge in [0.25, 0.3) is 0 Å². The highest BCUT2D eigenvalue weighted by atomic mass is 16.7. The van der Waals surface area contributed by atoms with Crippen LogP contribution in [0, 0.1) is 0 Å². The molecule has 0 radical (unpaired) electrons. The predicted molar refractivity (Wildman–Crippen MR) is 108 cm³/mol. The average Bonchev–Trinajstić information content (AvgIpc) is 2.65. The molecular weight excluding hydrogens is 390 g/mol. The van der Waals surface area contributed by atoms with E-state index >= 15 is 0 Å². The Balaban J connectivity index is 1.95. The van der Waals surface area contributed by atoms with E-state index < -0.39 is 29.9 Å². The fourth-order valence-corrected chi connectivity index (χ4v) is 2.45. The molecule has 30 heavy (non-hydrogen) atoms. The van der Waals surface area contributed by atoms with Gasteiger partial charge in [0, 0.05) is 6.42 Å². The topological polar surface area (TPSA) is 111 Å². The van der Waals surface area contributed by atoms with Gasteiger partial charge in [0.05, 0.1) is 0 Å². The van der Waals surface area contributed by atoms with Crippen LogP contribution >= 0.6 is 0 Å². The minimum atomic E-state index is -1.22. The van der Waals surface area contributed by atoms with Gasteiger partial charge in [-0.25, -0.2) is 14.4 Å². The van der Waals surface area contributed by atoms with Crippen molar-refractivity contribution < 1.29 is 33.7 Å². The van der Waals surface area contributed by atoms with E-state index in [1.54, 1.807) is 51.1 Å². The SMILES string of the molecule is CC(C)(C)OC(=O)Oc1cccc(C[C@H](NC(=O)OCc2ccccc2)C(=O)O)c1. The molecule has 0 spiro atoms. The average molecular weight is 415 g/mol. The third kappa shape index (κ3) is 8.22. The summed E-state index contributed by atoms with van der Waals surface area (Å²) < 4.78 is 15.3. The number of benzene rings is 2. The number of carbonyl (C=O) groups is 3. The molecule has 0 unspecified atom stereocenters. The van der Waals surface area contributed by atoms with E-state index in [2.05, 4.69) is 5.32 Å². The molecule has 0 aliphatic heterocycles. The molecule has 1 atom stereocenters. The first-order chi connectivity index (χ1) is 14.1. The predicted octanol–water partition coefficient (Wildman–Crippen LogP) is 3.92. The Morgan fingerprint density at radius 2 is 1.67 bits per heavy atom. The molecule has 0 aromatic heterocycles.